The van der Waals surface area contributed by atoms with Gasteiger partial charge < -0.3 is 4.74 Å². The molecule has 2 aromatic heterocycles. The highest BCUT2D eigenvalue weighted by Gasteiger charge is 2.32. The summed E-state index contributed by atoms with van der Waals surface area (Å²) in [5.41, 5.74) is 2.32. The number of aryl methyl sites for hydroxylation is 3. The average Bonchev–Trinajstić information content (AvgIpc) is 3.10. The van der Waals surface area contributed by atoms with Crippen LogP contribution in [0.2, 0.25) is 0 Å². The highest BCUT2D eigenvalue weighted by molar-refractivity contribution is 7.11. The molecule has 1 aliphatic rings. The lowest BCUT2D eigenvalue weighted by atomic mass is 10.1. The molecule has 0 radical (unpaired) electrons. The van der Waals surface area contributed by atoms with Crippen molar-refractivity contribution in [3.63, 3.8) is 0 Å². The molecular weight excluding hydrogens is 284 g/mol. The lowest BCUT2D eigenvalue weighted by Gasteiger charge is -2.24. The maximum atomic E-state index is 5.58. The van der Waals surface area contributed by atoms with Crippen LogP contribution in [0.1, 0.15) is 40.0 Å². The SMILES string of the molecule is COc1c(C2CCCN2Cc2cnc(C)s2)c(C)nn1C. The molecule has 0 bridgehead atoms. The molecule has 0 N–H and O–H groups in total. The molecular formula is C15H22N4OS. The third kappa shape index (κ3) is 2.70. The molecule has 1 aliphatic heterocycles. The smallest absolute Gasteiger partial charge is 0.216 e. The van der Waals surface area contributed by atoms with E-state index in [1.807, 2.05) is 17.9 Å². The maximum Gasteiger partial charge on any atom is 0.216 e. The van der Waals surface area contributed by atoms with Gasteiger partial charge in [-0.15, -0.1) is 11.3 Å². The van der Waals surface area contributed by atoms with Crippen molar-refractivity contribution in [1.29, 1.82) is 0 Å². The molecule has 0 aromatic carbocycles. The van der Waals surface area contributed by atoms with E-state index in [9.17, 15) is 0 Å². The van der Waals surface area contributed by atoms with Crippen molar-refractivity contribution < 1.29 is 4.74 Å². The summed E-state index contributed by atoms with van der Waals surface area (Å²) < 4.78 is 7.42. The first-order chi connectivity index (χ1) is 10.1. The number of likely N-dealkylation sites (tertiary alicyclic amines) is 1. The monoisotopic (exact) mass is 306 g/mol. The molecule has 0 saturated carbocycles. The molecule has 1 fully saturated rings. The molecule has 5 nitrogen and oxygen atoms in total. The van der Waals surface area contributed by atoms with Gasteiger partial charge in [-0.2, -0.15) is 5.10 Å². The van der Waals surface area contributed by atoms with Gasteiger partial charge in [-0.25, -0.2) is 9.67 Å². The number of nitrogens with zero attached hydrogens (tertiary/aromatic N) is 4. The zero-order chi connectivity index (χ0) is 15.0. The minimum atomic E-state index is 0.399. The number of thiazole rings is 1. The normalized spacial score (nSPS) is 19.3. The predicted octanol–water partition coefficient (Wildman–Crippen LogP) is 2.84. The summed E-state index contributed by atoms with van der Waals surface area (Å²) in [7, 11) is 3.67. The number of rotatable bonds is 4. The van der Waals surface area contributed by atoms with E-state index in [1.165, 1.54) is 23.3 Å². The molecule has 1 saturated heterocycles. The Labute approximate surface area is 129 Å². The van der Waals surface area contributed by atoms with Crippen LogP contribution in [0.4, 0.5) is 0 Å². The second-order valence-corrected chi connectivity index (χ2v) is 6.93. The number of hydrogen-bond acceptors (Lipinski definition) is 5. The Kier molecular flexibility index (Phi) is 3.99. The average molecular weight is 306 g/mol. The molecule has 3 heterocycles. The van der Waals surface area contributed by atoms with Crippen LogP contribution in [0.3, 0.4) is 0 Å². The van der Waals surface area contributed by atoms with Gasteiger partial charge in [0, 0.05) is 30.7 Å². The van der Waals surface area contributed by atoms with Crippen molar-refractivity contribution in [3.05, 3.63) is 27.3 Å². The summed E-state index contributed by atoms with van der Waals surface area (Å²) in [4.78, 5) is 8.22. The lowest BCUT2D eigenvalue weighted by molar-refractivity contribution is 0.243. The Morgan fingerprint density at radius 3 is 2.90 bits per heavy atom. The van der Waals surface area contributed by atoms with Gasteiger partial charge in [0.25, 0.3) is 0 Å². The Morgan fingerprint density at radius 2 is 2.24 bits per heavy atom. The van der Waals surface area contributed by atoms with Gasteiger partial charge in [-0.05, 0) is 33.2 Å². The molecule has 1 atom stereocenters. The van der Waals surface area contributed by atoms with Crippen LogP contribution in [0, 0.1) is 13.8 Å². The first-order valence-corrected chi connectivity index (χ1v) is 8.14. The van der Waals surface area contributed by atoms with Crippen LogP contribution in [0.15, 0.2) is 6.20 Å². The summed E-state index contributed by atoms with van der Waals surface area (Å²) in [6.07, 6.45) is 4.39. The highest BCUT2D eigenvalue weighted by atomic mass is 32.1. The molecule has 21 heavy (non-hydrogen) atoms. The maximum absolute atomic E-state index is 5.58. The predicted molar refractivity (Wildman–Crippen MR) is 83.7 cm³/mol. The lowest BCUT2D eigenvalue weighted by Crippen LogP contribution is -2.23. The van der Waals surface area contributed by atoms with Crippen LogP contribution >= 0.6 is 11.3 Å². The fourth-order valence-electron chi connectivity index (χ4n) is 3.30. The van der Waals surface area contributed by atoms with Crippen LogP contribution in [0.25, 0.3) is 0 Å². The van der Waals surface area contributed by atoms with Gasteiger partial charge >= 0.3 is 0 Å². The number of aromatic nitrogens is 3. The second-order valence-electron chi connectivity index (χ2n) is 5.61. The highest BCUT2D eigenvalue weighted by Crippen LogP contribution is 2.39. The first-order valence-electron chi connectivity index (χ1n) is 7.33. The van der Waals surface area contributed by atoms with Crippen molar-refractivity contribution in [1.82, 2.24) is 19.7 Å². The topological polar surface area (TPSA) is 43.2 Å². The molecule has 6 heteroatoms. The summed E-state index contributed by atoms with van der Waals surface area (Å²) in [6, 6.07) is 0.399. The standard InChI is InChI=1S/C15H22N4OS/c1-10-14(15(20-4)18(3)17-10)13-6-5-7-19(13)9-12-8-16-11(2)21-12/h8,13H,5-7,9H2,1-4H3. The van der Waals surface area contributed by atoms with Crippen molar-refractivity contribution in [3.8, 4) is 5.88 Å². The van der Waals surface area contributed by atoms with E-state index >= 15 is 0 Å². The van der Waals surface area contributed by atoms with Gasteiger partial charge in [-0.1, -0.05) is 0 Å². The Balaban J connectivity index is 1.87. The summed E-state index contributed by atoms with van der Waals surface area (Å²) >= 11 is 1.79. The molecule has 3 rings (SSSR count). The third-order valence-electron chi connectivity index (χ3n) is 4.13. The zero-order valence-corrected chi connectivity index (χ0v) is 13.9. The quantitative estimate of drug-likeness (QED) is 0.871. The van der Waals surface area contributed by atoms with Gasteiger partial charge in [0.2, 0.25) is 5.88 Å². The molecule has 0 spiro atoms. The third-order valence-corrected chi connectivity index (χ3v) is 5.03. The zero-order valence-electron chi connectivity index (χ0n) is 13.1. The van der Waals surface area contributed by atoms with E-state index in [0.717, 1.165) is 29.7 Å². The molecule has 114 valence electrons. The largest absolute Gasteiger partial charge is 0.481 e. The van der Waals surface area contributed by atoms with Crippen LogP contribution in [-0.2, 0) is 13.6 Å². The minimum absolute atomic E-state index is 0.399. The van der Waals surface area contributed by atoms with Crippen LogP contribution in [0.5, 0.6) is 5.88 Å². The van der Waals surface area contributed by atoms with Crippen LogP contribution < -0.4 is 4.74 Å². The molecule has 2 aromatic rings. The van der Waals surface area contributed by atoms with Gasteiger partial charge in [0.1, 0.15) is 0 Å². The van der Waals surface area contributed by atoms with E-state index in [-0.39, 0.29) is 0 Å². The number of methoxy groups -OCH3 is 1. The Morgan fingerprint density at radius 1 is 1.43 bits per heavy atom. The number of ether oxygens (including phenoxy) is 1. The second kappa shape index (κ2) is 5.77. The van der Waals surface area contributed by atoms with Gasteiger partial charge in [0.15, 0.2) is 0 Å². The van der Waals surface area contributed by atoms with Crippen molar-refractivity contribution in [2.24, 2.45) is 7.05 Å². The van der Waals surface area contributed by atoms with Crippen molar-refractivity contribution >= 4 is 11.3 Å². The minimum Gasteiger partial charge on any atom is -0.481 e. The Bertz CT molecular complexity index is 634. The Hall–Kier alpha value is -1.40. The van der Waals surface area contributed by atoms with Gasteiger partial charge in [-0.3, -0.25) is 4.90 Å². The summed E-state index contributed by atoms with van der Waals surface area (Å²) in [5, 5.41) is 5.66. The fourth-order valence-corrected chi connectivity index (χ4v) is 4.12. The van der Waals surface area contributed by atoms with E-state index in [4.69, 9.17) is 4.74 Å². The number of hydrogen-bond donors (Lipinski definition) is 0. The van der Waals surface area contributed by atoms with E-state index in [0.29, 0.717) is 6.04 Å². The molecule has 1 unspecified atom stereocenters. The first kappa shape index (κ1) is 14.5. The molecule has 0 aliphatic carbocycles. The van der Waals surface area contributed by atoms with Crippen molar-refractivity contribution in [2.45, 2.75) is 39.3 Å². The fraction of sp³-hybridized carbons (Fsp3) is 0.600. The van der Waals surface area contributed by atoms with E-state index in [1.54, 1.807) is 18.4 Å². The summed E-state index contributed by atoms with van der Waals surface area (Å²) in [5.74, 6) is 0.893. The van der Waals surface area contributed by atoms with E-state index in [2.05, 4.69) is 28.8 Å². The molecule has 0 amide bonds. The summed E-state index contributed by atoms with van der Waals surface area (Å²) in [6.45, 7) is 6.22. The van der Waals surface area contributed by atoms with Crippen molar-refractivity contribution in [2.75, 3.05) is 13.7 Å². The van der Waals surface area contributed by atoms with Gasteiger partial charge in [0.05, 0.1) is 23.4 Å². The van der Waals surface area contributed by atoms with Crippen LogP contribution in [-0.4, -0.2) is 33.3 Å². The van der Waals surface area contributed by atoms with E-state index < -0.39 is 0 Å².